The molecule has 0 saturated heterocycles. The van der Waals surface area contributed by atoms with Crippen LogP contribution in [-0.2, 0) is 11.3 Å². The van der Waals surface area contributed by atoms with Gasteiger partial charge in [0.25, 0.3) is 5.91 Å². The van der Waals surface area contributed by atoms with Gasteiger partial charge in [-0.2, -0.15) is 0 Å². The van der Waals surface area contributed by atoms with Crippen LogP contribution in [0.3, 0.4) is 0 Å². The molecule has 0 atom stereocenters. The van der Waals surface area contributed by atoms with E-state index in [0.717, 1.165) is 0 Å². The minimum absolute atomic E-state index is 0.176. The average Bonchev–Trinajstić information content (AvgIpc) is 3.09. The van der Waals surface area contributed by atoms with Gasteiger partial charge in [-0.1, -0.05) is 5.16 Å². The lowest BCUT2D eigenvalue weighted by Crippen LogP contribution is -2.22. The van der Waals surface area contributed by atoms with Crippen LogP contribution in [0.2, 0.25) is 0 Å². The van der Waals surface area contributed by atoms with Crippen LogP contribution in [0.15, 0.2) is 59.1 Å². The van der Waals surface area contributed by atoms with Gasteiger partial charge in [-0.3, -0.25) is 9.59 Å². The fraction of sp³-hybridized carbons (Fsp3) is 0.105. The number of halogens is 1. The van der Waals surface area contributed by atoms with Crippen molar-refractivity contribution < 1.29 is 18.5 Å². The molecule has 2 N–H and O–H groups in total. The van der Waals surface area contributed by atoms with Gasteiger partial charge in [0.1, 0.15) is 11.5 Å². The van der Waals surface area contributed by atoms with Gasteiger partial charge in [0, 0.05) is 29.8 Å². The van der Waals surface area contributed by atoms with Gasteiger partial charge in [0.2, 0.25) is 5.91 Å². The number of rotatable bonds is 5. The maximum atomic E-state index is 13.0. The van der Waals surface area contributed by atoms with Crippen LogP contribution in [0.25, 0.3) is 11.3 Å². The number of amides is 2. The summed E-state index contributed by atoms with van der Waals surface area (Å²) in [6, 6.07) is 14.1. The summed E-state index contributed by atoms with van der Waals surface area (Å²) in [4.78, 5) is 23.2. The molecule has 1 heterocycles. The molecule has 3 aromatic rings. The second-order valence-electron chi connectivity index (χ2n) is 5.63. The molecular weight excluding hydrogens is 337 g/mol. The summed E-state index contributed by atoms with van der Waals surface area (Å²) in [7, 11) is 0. The third kappa shape index (κ3) is 4.32. The average molecular weight is 353 g/mol. The zero-order chi connectivity index (χ0) is 18.5. The monoisotopic (exact) mass is 353 g/mol. The van der Waals surface area contributed by atoms with Crippen molar-refractivity contribution >= 4 is 17.5 Å². The first-order valence-corrected chi connectivity index (χ1v) is 7.88. The van der Waals surface area contributed by atoms with E-state index in [2.05, 4.69) is 15.8 Å². The second kappa shape index (κ2) is 7.60. The third-order valence-electron chi connectivity index (χ3n) is 3.59. The minimum atomic E-state index is -0.328. The highest BCUT2D eigenvalue weighted by Gasteiger charge is 2.10. The molecule has 0 aliphatic rings. The Morgan fingerprint density at radius 2 is 1.77 bits per heavy atom. The van der Waals surface area contributed by atoms with Gasteiger partial charge in [0.15, 0.2) is 5.76 Å². The molecule has 3 rings (SSSR count). The van der Waals surface area contributed by atoms with E-state index in [9.17, 15) is 14.0 Å². The Hall–Kier alpha value is -3.48. The molecule has 0 aliphatic heterocycles. The first-order chi connectivity index (χ1) is 12.5. The summed E-state index contributed by atoms with van der Waals surface area (Å²) in [5.74, 6) is -0.282. The number of carbonyl (C=O) groups is 2. The number of anilines is 1. The Morgan fingerprint density at radius 1 is 1.08 bits per heavy atom. The van der Waals surface area contributed by atoms with Crippen molar-refractivity contribution in [3.63, 3.8) is 0 Å². The van der Waals surface area contributed by atoms with Gasteiger partial charge < -0.3 is 15.2 Å². The summed E-state index contributed by atoms with van der Waals surface area (Å²) < 4.78 is 18.2. The number of carbonyl (C=O) groups excluding carboxylic acids is 2. The van der Waals surface area contributed by atoms with E-state index < -0.39 is 0 Å². The normalized spacial score (nSPS) is 10.4. The predicted molar refractivity (Wildman–Crippen MR) is 93.8 cm³/mol. The van der Waals surface area contributed by atoms with E-state index in [0.29, 0.717) is 28.3 Å². The lowest BCUT2D eigenvalue weighted by Gasteiger charge is -2.05. The first-order valence-electron chi connectivity index (χ1n) is 7.88. The number of hydrogen-bond donors (Lipinski definition) is 2. The van der Waals surface area contributed by atoms with Crippen molar-refractivity contribution in [2.24, 2.45) is 0 Å². The highest BCUT2D eigenvalue weighted by molar-refractivity contribution is 5.95. The molecule has 7 heteroatoms. The molecule has 26 heavy (non-hydrogen) atoms. The Kier molecular flexibility index (Phi) is 5.07. The van der Waals surface area contributed by atoms with E-state index in [1.807, 2.05) is 0 Å². The van der Waals surface area contributed by atoms with Crippen LogP contribution in [0.4, 0.5) is 10.1 Å². The van der Waals surface area contributed by atoms with Crippen LogP contribution in [-0.4, -0.2) is 17.0 Å². The minimum Gasteiger partial charge on any atom is -0.356 e. The molecule has 0 unspecified atom stereocenters. The smallest absolute Gasteiger partial charge is 0.251 e. The van der Waals surface area contributed by atoms with Gasteiger partial charge >= 0.3 is 0 Å². The number of nitrogens with zero attached hydrogens (tertiary/aromatic N) is 1. The number of benzene rings is 2. The number of nitrogens with one attached hydrogen (secondary N) is 2. The Morgan fingerprint density at radius 3 is 2.42 bits per heavy atom. The topological polar surface area (TPSA) is 84.2 Å². The fourth-order valence-corrected chi connectivity index (χ4v) is 2.33. The Labute approximate surface area is 149 Å². The maximum absolute atomic E-state index is 13.0. The first kappa shape index (κ1) is 17.3. The largest absolute Gasteiger partial charge is 0.356 e. The van der Waals surface area contributed by atoms with Gasteiger partial charge in [-0.05, 0) is 48.5 Å². The third-order valence-corrected chi connectivity index (χ3v) is 3.59. The zero-order valence-corrected chi connectivity index (χ0v) is 14.0. The van der Waals surface area contributed by atoms with Crippen molar-refractivity contribution in [2.75, 3.05) is 5.32 Å². The van der Waals surface area contributed by atoms with Crippen LogP contribution in [0.1, 0.15) is 23.0 Å². The molecule has 2 amide bonds. The fourth-order valence-electron chi connectivity index (χ4n) is 2.33. The summed E-state index contributed by atoms with van der Waals surface area (Å²) >= 11 is 0. The van der Waals surface area contributed by atoms with E-state index in [1.165, 1.54) is 19.1 Å². The van der Waals surface area contributed by atoms with E-state index >= 15 is 0 Å². The second-order valence-corrected chi connectivity index (χ2v) is 5.63. The molecule has 0 radical (unpaired) electrons. The molecule has 0 spiro atoms. The highest BCUT2D eigenvalue weighted by atomic mass is 19.1. The molecule has 2 aromatic carbocycles. The van der Waals surface area contributed by atoms with E-state index in [1.54, 1.807) is 42.5 Å². The molecule has 6 nitrogen and oxygen atoms in total. The lowest BCUT2D eigenvalue weighted by atomic mass is 10.1. The number of aromatic nitrogens is 1. The number of hydrogen-bond acceptors (Lipinski definition) is 4. The molecule has 132 valence electrons. The Balaban J connectivity index is 1.59. The van der Waals surface area contributed by atoms with Crippen molar-refractivity contribution in [1.29, 1.82) is 0 Å². The highest BCUT2D eigenvalue weighted by Crippen LogP contribution is 2.20. The lowest BCUT2D eigenvalue weighted by molar-refractivity contribution is -0.114. The van der Waals surface area contributed by atoms with Crippen LogP contribution in [0.5, 0.6) is 0 Å². The standard InChI is InChI=1S/C19H16FN3O3/c1-12(24)22-16-8-4-14(5-9-16)19(25)21-11-17-10-18(26-23-17)13-2-6-15(20)7-3-13/h2-10H,11H2,1H3,(H,21,25)(H,22,24). The van der Waals surface area contributed by atoms with Crippen molar-refractivity contribution in [1.82, 2.24) is 10.5 Å². The molecule has 1 aromatic heterocycles. The summed E-state index contributed by atoms with van der Waals surface area (Å²) in [5.41, 5.74) is 2.33. The van der Waals surface area contributed by atoms with Crippen LogP contribution >= 0.6 is 0 Å². The molecular formula is C19H16FN3O3. The van der Waals surface area contributed by atoms with Crippen molar-refractivity contribution in [2.45, 2.75) is 13.5 Å². The van der Waals surface area contributed by atoms with E-state index in [4.69, 9.17) is 4.52 Å². The molecule has 0 bridgehead atoms. The summed E-state index contributed by atoms with van der Waals surface area (Å²) in [6.07, 6.45) is 0. The van der Waals surface area contributed by atoms with Crippen molar-refractivity contribution in [3.05, 3.63) is 71.7 Å². The van der Waals surface area contributed by atoms with Crippen molar-refractivity contribution in [3.8, 4) is 11.3 Å². The van der Waals surface area contributed by atoms with Gasteiger partial charge in [-0.25, -0.2) is 4.39 Å². The van der Waals surface area contributed by atoms with Crippen LogP contribution in [0, 0.1) is 5.82 Å². The zero-order valence-electron chi connectivity index (χ0n) is 14.0. The molecule has 0 saturated carbocycles. The maximum Gasteiger partial charge on any atom is 0.251 e. The molecule has 0 fully saturated rings. The SMILES string of the molecule is CC(=O)Nc1ccc(C(=O)NCc2cc(-c3ccc(F)cc3)on2)cc1. The summed E-state index contributed by atoms with van der Waals surface area (Å²) in [5, 5.41) is 9.27. The summed E-state index contributed by atoms with van der Waals surface area (Å²) in [6.45, 7) is 1.61. The van der Waals surface area contributed by atoms with Crippen LogP contribution < -0.4 is 10.6 Å². The quantitative estimate of drug-likeness (QED) is 0.737. The predicted octanol–water partition coefficient (Wildman–Crippen LogP) is 3.37. The van der Waals surface area contributed by atoms with Gasteiger partial charge in [0.05, 0.1) is 6.54 Å². The van der Waals surface area contributed by atoms with Gasteiger partial charge in [-0.15, -0.1) is 0 Å². The molecule has 0 aliphatic carbocycles. The Bertz CT molecular complexity index is 918. The van der Waals surface area contributed by atoms with E-state index in [-0.39, 0.29) is 24.2 Å².